The summed E-state index contributed by atoms with van der Waals surface area (Å²) in [6.45, 7) is 5.36. The number of rotatable bonds is 13. The van der Waals surface area contributed by atoms with Gasteiger partial charge in [-0.3, -0.25) is 19.6 Å². The lowest BCUT2D eigenvalue weighted by Gasteiger charge is -2.41. The molecule has 1 aromatic heterocycles. The van der Waals surface area contributed by atoms with Crippen molar-refractivity contribution in [2.24, 2.45) is 5.41 Å². The lowest BCUT2D eigenvalue weighted by Crippen LogP contribution is -2.42. The van der Waals surface area contributed by atoms with Crippen molar-refractivity contribution in [3.63, 3.8) is 0 Å². The largest absolute Gasteiger partial charge is 0.497 e. The number of benzene rings is 2. The molecule has 0 amide bonds. The molecule has 2 aliphatic rings. The Labute approximate surface area is 255 Å². The summed E-state index contributed by atoms with van der Waals surface area (Å²) in [4.78, 5) is 20.9. The number of aromatic nitrogens is 1. The molecule has 1 atom stereocenters. The van der Waals surface area contributed by atoms with Crippen LogP contribution in [0.4, 0.5) is 13.2 Å². The fourth-order valence-corrected chi connectivity index (χ4v) is 6.43. The molecule has 1 N–H and O–H groups in total. The standard InChI is InChI=1S/C33H40F3N3O5/c1-42-26-2-3-30-28(19-26)32(23(21-37-30)22-39-10-13-43-14-11-39)29(36)4-5-33(20-31(40)41)6-8-38(9-7-33)12-15-44-27-17-24(34)16-25(35)18-27/h2-3,16-19,21,29H,4-15,20,22H2,1H3,(H,40,41)/t29-/m1/s1. The van der Waals surface area contributed by atoms with Crippen LogP contribution in [-0.2, 0) is 16.1 Å². The van der Waals surface area contributed by atoms with E-state index in [1.165, 1.54) is 0 Å². The van der Waals surface area contributed by atoms with Crippen LogP contribution in [0.5, 0.6) is 11.5 Å². The first kappa shape index (κ1) is 32.0. The lowest BCUT2D eigenvalue weighted by molar-refractivity contribution is -0.141. The second-order valence-electron chi connectivity index (χ2n) is 11.8. The number of methoxy groups -OCH3 is 1. The second-order valence-corrected chi connectivity index (χ2v) is 11.8. The molecule has 2 fully saturated rings. The van der Waals surface area contributed by atoms with Gasteiger partial charge < -0.3 is 19.3 Å². The molecule has 0 radical (unpaired) electrons. The summed E-state index contributed by atoms with van der Waals surface area (Å²) < 4.78 is 59.9. The van der Waals surface area contributed by atoms with Crippen LogP contribution in [0, 0.1) is 17.0 Å². The number of halogens is 3. The van der Waals surface area contributed by atoms with Crippen LogP contribution < -0.4 is 9.47 Å². The molecule has 2 aliphatic heterocycles. The molecular weight excluding hydrogens is 575 g/mol. The first-order valence-corrected chi connectivity index (χ1v) is 15.2. The van der Waals surface area contributed by atoms with Gasteiger partial charge in [0.25, 0.3) is 0 Å². The van der Waals surface area contributed by atoms with Crippen LogP contribution in [0.1, 0.15) is 49.4 Å². The van der Waals surface area contributed by atoms with Crippen molar-refractivity contribution in [3.05, 3.63) is 65.4 Å². The molecule has 3 heterocycles. The number of hydrogen-bond acceptors (Lipinski definition) is 7. The molecule has 8 nitrogen and oxygen atoms in total. The number of piperidine rings is 1. The van der Waals surface area contributed by atoms with Crippen molar-refractivity contribution in [3.8, 4) is 11.5 Å². The number of morpholine rings is 1. The van der Waals surface area contributed by atoms with E-state index < -0.39 is 29.2 Å². The van der Waals surface area contributed by atoms with Gasteiger partial charge in [-0.2, -0.15) is 0 Å². The molecule has 238 valence electrons. The van der Waals surface area contributed by atoms with E-state index in [1.807, 2.05) is 18.2 Å². The minimum absolute atomic E-state index is 0.0296. The van der Waals surface area contributed by atoms with Gasteiger partial charge in [0.05, 0.1) is 32.3 Å². The van der Waals surface area contributed by atoms with Crippen molar-refractivity contribution >= 4 is 16.9 Å². The zero-order valence-corrected chi connectivity index (χ0v) is 25.1. The summed E-state index contributed by atoms with van der Waals surface area (Å²) in [5.74, 6) is -1.54. The van der Waals surface area contributed by atoms with E-state index in [2.05, 4.69) is 14.8 Å². The first-order valence-electron chi connectivity index (χ1n) is 15.2. The number of hydrogen-bond donors (Lipinski definition) is 1. The molecule has 2 saturated heterocycles. The zero-order valence-electron chi connectivity index (χ0n) is 25.1. The number of aliphatic carboxylic acids is 1. The molecule has 11 heteroatoms. The number of pyridine rings is 1. The molecule has 0 spiro atoms. The normalized spacial score (nSPS) is 18.3. The molecular formula is C33H40F3N3O5. The number of nitrogens with zero attached hydrogens (tertiary/aromatic N) is 3. The lowest BCUT2D eigenvalue weighted by atomic mass is 9.71. The van der Waals surface area contributed by atoms with Crippen LogP contribution >= 0.6 is 0 Å². The SMILES string of the molecule is COc1ccc2ncc(CN3CCOCC3)c([C@H](F)CCC3(CC(=O)O)CCN(CCOc4cc(F)cc(F)c4)CC3)c2c1. The third-order valence-electron chi connectivity index (χ3n) is 8.89. The highest BCUT2D eigenvalue weighted by Gasteiger charge is 2.37. The number of likely N-dealkylation sites (tertiary alicyclic amines) is 1. The number of alkyl halides is 1. The van der Waals surface area contributed by atoms with Crippen molar-refractivity contribution < 1.29 is 37.3 Å². The van der Waals surface area contributed by atoms with Gasteiger partial charge in [-0.05, 0) is 68.0 Å². The summed E-state index contributed by atoms with van der Waals surface area (Å²) in [5.41, 5.74) is 1.56. The Morgan fingerprint density at radius 3 is 2.45 bits per heavy atom. The highest BCUT2D eigenvalue weighted by atomic mass is 19.1. The van der Waals surface area contributed by atoms with Gasteiger partial charge in [-0.1, -0.05) is 0 Å². The average Bonchev–Trinajstić information content (AvgIpc) is 3.00. The maximum Gasteiger partial charge on any atom is 0.303 e. The van der Waals surface area contributed by atoms with Crippen LogP contribution in [0.15, 0.2) is 42.6 Å². The van der Waals surface area contributed by atoms with Gasteiger partial charge in [-0.25, -0.2) is 13.2 Å². The van der Waals surface area contributed by atoms with E-state index in [0.29, 0.717) is 80.9 Å². The fourth-order valence-electron chi connectivity index (χ4n) is 6.43. The van der Waals surface area contributed by atoms with Crippen LogP contribution in [0.25, 0.3) is 10.9 Å². The Morgan fingerprint density at radius 2 is 1.77 bits per heavy atom. The van der Waals surface area contributed by atoms with Crippen LogP contribution in [0.3, 0.4) is 0 Å². The van der Waals surface area contributed by atoms with Crippen molar-refractivity contribution in [2.45, 2.75) is 44.8 Å². The van der Waals surface area contributed by atoms with Gasteiger partial charge in [0, 0.05) is 61.5 Å². The molecule has 0 saturated carbocycles. The van der Waals surface area contributed by atoms with Gasteiger partial charge >= 0.3 is 5.97 Å². The highest BCUT2D eigenvalue weighted by molar-refractivity contribution is 5.85. The molecule has 0 unspecified atom stereocenters. The number of carboxylic acids is 1. The zero-order chi connectivity index (χ0) is 31.1. The maximum atomic E-state index is 16.5. The van der Waals surface area contributed by atoms with E-state index in [1.54, 1.807) is 13.3 Å². The topological polar surface area (TPSA) is 84.4 Å². The second kappa shape index (κ2) is 14.6. The van der Waals surface area contributed by atoms with Gasteiger partial charge in [0.2, 0.25) is 0 Å². The van der Waals surface area contributed by atoms with Gasteiger partial charge in [0.1, 0.15) is 35.9 Å². The quantitative estimate of drug-likeness (QED) is 0.259. The smallest absolute Gasteiger partial charge is 0.303 e. The van der Waals surface area contributed by atoms with E-state index in [-0.39, 0.29) is 25.2 Å². The minimum Gasteiger partial charge on any atom is -0.497 e. The number of carbonyl (C=O) groups is 1. The number of ether oxygens (including phenoxy) is 3. The van der Waals surface area contributed by atoms with Gasteiger partial charge in [-0.15, -0.1) is 0 Å². The number of carboxylic acid groups (broad SMARTS) is 1. The third kappa shape index (κ3) is 8.19. The monoisotopic (exact) mass is 615 g/mol. The molecule has 0 aliphatic carbocycles. The van der Waals surface area contributed by atoms with Crippen molar-refractivity contribution in [1.82, 2.24) is 14.8 Å². The fraction of sp³-hybridized carbons (Fsp3) is 0.515. The highest BCUT2D eigenvalue weighted by Crippen LogP contribution is 2.43. The van der Waals surface area contributed by atoms with Gasteiger partial charge in [0.15, 0.2) is 0 Å². The van der Waals surface area contributed by atoms with E-state index in [0.717, 1.165) is 36.9 Å². The molecule has 3 aromatic rings. The predicted molar refractivity (Wildman–Crippen MR) is 160 cm³/mol. The molecule has 5 rings (SSSR count). The van der Waals surface area contributed by atoms with Crippen LogP contribution in [0.2, 0.25) is 0 Å². The number of fused-ring (bicyclic) bond motifs is 1. The first-order chi connectivity index (χ1) is 21.2. The average molecular weight is 616 g/mol. The van der Waals surface area contributed by atoms with Crippen molar-refractivity contribution in [2.75, 3.05) is 59.7 Å². The maximum absolute atomic E-state index is 16.5. The predicted octanol–water partition coefficient (Wildman–Crippen LogP) is 5.78. The summed E-state index contributed by atoms with van der Waals surface area (Å²) in [6.07, 6.45) is 2.24. The Kier molecular flexibility index (Phi) is 10.6. The summed E-state index contributed by atoms with van der Waals surface area (Å²) in [5, 5.41) is 10.5. The Bertz CT molecular complexity index is 1410. The Balaban J connectivity index is 1.27. The summed E-state index contributed by atoms with van der Waals surface area (Å²) in [7, 11) is 1.58. The van der Waals surface area contributed by atoms with Crippen molar-refractivity contribution in [1.29, 1.82) is 0 Å². The Morgan fingerprint density at radius 1 is 1.05 bits per heavy atom. The third-order valence-corrected chi connectivity index (χ3v) is 8.89. The minimum atomic E-state index is -1.31. The summed E-state index contributed by atoms with van der Waals surface area (Å²) >= 11 is 0. The van der Waals surface area contributed by atoms with E-state index in [4.69, 9.17) is 14.2 Å². The molecule has 44 heavy (non-hydrogen) atoms. The Hall–Kier alpha value is -3.41. The summed E-state index contributed by atoms with van der Waals surface area (Å²) in [6, 6.07) is 8.54. The molecule has 2 aromatic carbocycles. The van der Waals surface area contributed by atoms with E-state index in [9.17, 15) is 18.7 Å². The molecule has 0 bridgehead atoms. The van der Waals surface area contributed by atoms with E-state index >= 15 is 4.39 Å². The van der Waals surface area contributed by atoms with Crippen LogP contribution in [-0.4, -0.2) is 85.5 Å².